The summed E-state index contributed by atoms with van der Waals surface area (Å²) in [7, 11) is 0. The molecule has 1 amide bonds. The number of rotatable bonds is 3. The molecule has 0 bridgehead atoms. The van der Waals surface area contributed by atoms with Gasteiger partial charge in [-0.05, 0) is 26.2 Å². The van der Waals surface area contributed by atoms with Crippen molar-refractivity contribution in [3.05, 3.63) is 34.2 Å². The molecule has 0 radical (unpaired) electrons. The number of pyridine rings is 1. The average molecular weight is 249 g/mol. The fourth-order valence-electron chi connectivity index (χ4n) is 2.52. The Morgan fingerprint density at radius 1 is 1.67 bits per heavy atom. The minimum absolute atomic E-state index is 0.0671. The van der Waals surface area contributed by atoms with Gasteiger partial charge in [-0.3, -0.25) is 9.59 Å². The molecule has 2 atom stereocenters. The monoisotopic (exact) mass is 249 g/mol. The Morgan fingerprint density at radius 2 is 2.44 bits per heavy atom. The van der Waals surface area contributed by atoms with Gasteiger partial charge in [0.1, 0.15) is 5.56 Å². The average Bonchev–Trinajstić information content (AvgIpc) is 2.76. The molecule has 0 spiro atoms. The van der Waals surface area contributed by atoms with E-state index in [1.165, 1.54) is 18.5 Å². The molecule has 1 saturated heterocycles. The lowest BCUT2D eigenvalue weighted by Gasteiger charge is -2.25. The first-order valence-electron chi connectivity index (χ1n) is 6.33. The van der Waals surface area contributed by atoms with Crippen LogP contribution in [0, 0.1) is 0 Å². The van der Waals surface area contributed by atoms with E-state index in [1.807, 2.05) is 6.92 Å². The third-order valence-electron chi connectivity index (χ3n) is 3.34. The number of hydrogen-bond donors (Lipinski definition) is 2. The van der Waals surface area contributed by atoms with E-state index in [2.05, 4.69) is 4.98 Å². The van der Waals surface area contributed by atoms with E-state index in [0.717, 1.165) is 19.3 Å². The number of amides is 1. The lowest BCUT2D eigenvalue weighted by atomic mass is 10.1. The highest BCUT2D eigenvalue weighted by atomic mass is 16.2. The zero-order valence-electron chi connectivity index (χ0n) is 10.6. The van der Waals surface area contributed by atoms with Crippen LogP contribution in [-0.2, 0) is 0 Å². The zero-order chi connectivity index (χ0) is 13.1. The van der Waals surface area contributed by atoms with Gasteiger partial charge in [0.25, 0.3) is 5.91 Å². The van der Waals surface area contributed by atoms with E-state index < -0.39 is 0 Å². The summed E-state index contributed by atoms with van der Waals surface area (Å²) < 4.78 is 0. The molecule has 1 aliphatic heterocycles. The van der Waals surface area contributed by atoms with E-state index in [1.54, 1.807) is 4.90 Å². The summed E-state index contributed by atoms with van der Waals surface area (Å²) in [6.45, 7) is 2.65. The van der Waals surface area contributed by atoms with Gasteiger partial charge in [0.05, 0.1) is 0 Å². The standard InChI is InChI=1S/C13H19N3O2/c1-9(14)7-10-3-2-6-16(10)13(18)11-8-15-5-4-12(11)17/h4-5,8-10H,2-3,6-7,14H2,1H3,(H,15,17). The summed E-state index contributed by atoms with van der Waals surface area (Å²) in [6.07, 6.45) is 5.75. The predicted molar refractivity (Wildman–Crippen MR) is 69.4 cm³/mol. The van der Waals surface area contributed by atoms with Crippen LogP contribution in [0.15, 0.2) is 23.3 Å². The molecule has 1 fully saturated rings. The van der Waals surface area contributed by atoms with Gasteiger partial charge >= 0.3 is 0 Å². The van der Waals surface area contributed by atoms with Gasteiger partial charge in [-0.1, -0.05) is 0 Å². The maximum Gasteiger partial charge on any atom is 0.259 e. The largest absolute Gasteiger partial charge is 0.367 e. The Kier molecular flexibility index (Phi) is 3.81. The van der Waals surface area contributed by atoms with Gasteiger partial charge in [0.15, 0.2) is 5.43 Å². The SMILES string of the molecule is CC(N)CC1CCCN1C(=O)c1c[nH]ccc1=O. The van der Waals surface area contributed by atoms with Crippen molar-refractivity contribution >= 4 is 5.91 Å². The Balaban J connectivity index is 2.18. The van der Waals surface area contributed by atoms with Crippen molar-refractivity contribution in [3.63, 3.8) is 0 Å². The summed E-state index contributed by atoms with van der Waals surface area (Å²) in [6, 6.07) is 1.61. The Hall–Kier alpha value is -1.62. The molecular formula is C13H19N3O2. The van der Waals surface area contributed by atoms with Crippen molar-refractivity contribution in [2.24, 2.45) is 5.73 Å². The fourth-order valence-corrected chi connectivity index (χ4v) is 2.52. The molecule has 0 aliphatic carbocycles. The van der Waals surface area contributed by atoms with E-state index in [-0.39, 0.29) is 29.0 Å². The van der Waals surface area contributed by atoms with Gasteiger partial charge in [0, 0.05) is 37.1 Å². The second-order valence-corrected chi connectivity index (χ2v) is 4.93. The quantitative estimate of drug-likeness (QED) is 0.828. The maximum atomic E-state index is 12.3. The van der Waals surface area contributed by atoms with Crippen molar-refractivity contribution in [3.8, 4) is 0 Å². The summed E-state index contributed by atoms with van der Waals surface area (Å²) in [5.41, 5.74) is 5.78. The molecular weight excluding hydrogens is 230 g/mol. The number of hydrogen-bond acceptors (Lipinski definition) is 3. The molecule has 5 nitrogen and oxygen atoms in total. The van der Waals surface area contributed by atoms with Crippen LogP contribution < -0.4 is 11.2 Å². The number of carbonyl (C=O) groups excluding carboxylic acids is 1. The van der Waals surface area contributed by atoms with Crippen LogP contribution in [0.4, 0.5) is 0 Å². The number of nitrogens with one attached hydrogen (secondary N) is 1. The number of aromatic nitrogens is 1. The Morgan fingerprint density at radius 3 is 3.11 bits per heavy atom. The normalized spacial score (nSPS) is 21.0. The lowest BCUT2D eigenvalue weighted by Crippen LogP contribution is -2.40. The molecule has 0 aromatic carbocycles. The summed E-state index contributed by atoms with van der Waals surface area (Å²) in [5, 5.41) is 0. The second kappa shape index (κ2) is 5.35. The van der Waals surface area contributed by atoms with Gasteiger partial charge in [-0.25, -0.2) is 0 Å². The highest BCUT2D eigenvalue weighted by Crippen LogP contribution is 2.22. The topological polar surface area (TPSA) is 79.2 Å². The molecule has 2 rings (SSSR count). The van der Waals surface area contributed by atoms with Gasteiger partial charge in [-0.2, -0.15) is 0 Å². The molecule has 2 unspecified atom stereocenters. The summed E-state index contributed by atoms with van der Waals surface area (Å²) >= 11 is 0. The van der Waals surface area contributed by atoms with Crippen molar-refractivity contribution in [1.29, 1.82) is 0 Å². The Labute approximate surface area is 106 Å². The molecule has 5 heteroatoms. The van der Waals surface area contributed by atoms with Gasteiger partial charge in [-0.15, -0.1) is 0 Å². The van der Waals surface area contributed by atoms with Crippen molar-refractivity contribution in [1.82, 2.24) is 9.88 Å². The lowest BCUT2D eigenvalue weighted by molar-refractivity contribution is 0.0725. The van der Waals surface area contributed by atoms with Crippen LogP contribution >= 0.6 is 0 Å². The number of carbonyl (C=O) groups is 1. The van der Waals surface area contributed by atoms with E-state index in [0.29, 0.717) is 6.54 Å². The number of nitrogens with zero attached hydrogens (tertiary/aromatic N) is 1. The molecule has 1 aromatic rings. The van der Waals surface area contributed by atoms with Crippen LogP contribution in [0.3, 0.4) is 0 Å². The van der Waals surface area contributed by atoms with Crippen LogP contribution in [0.25, 0.3) is 0 Å². The smallest absolute Gasteiger partial charge is 0.259 e. The third-order valence-corrected chi connectivity index (χ3v) is 3.34. The van der Waals surface area contributed by atoms with E-state index in [4.69, 9.17) is 5.73 Å². The summed E-state index contributed by atoms with van der Waals surface area (Å²) in [4.78, 5) is 28.6. The molecule has 98 valence electrons. The van der Waals surface area contributed by atoms with Gasteiger partial charge < -0.3 is 15.6 Å². The summed E-state index contributed by atoms with van der Waals surface area (Å²) in [5.74, 6) is -0.181. The zero-order valence-corrected chi connectivity index (χ0v) is 10.6. The second-order valence-electron chi connectivity index (χ2n) is 4.93. The van der Waals surface area contributed by atoms with E-state index in [9.17, 15) is 9.59 Å². The van der Waals surface area contributed by atoms with Gasteiger partial charge in [0.2, 0.25) is 0 Å². The number of aromatic amines is 1. The molecule has 1 aromatic heterocycles. The number of H-pyrrole nitrogens is 1. The Bertz CT molecular complexity index is 481. The number of likely N-dealkylation sites (tertiary alicyclic amines) is 1. The minimum Gasteiger partial charge on any atom is -0.367 e. The molecule has 2 heterocycles. The molecule has 1 aliphatic rings. The van der Waals surface area contributed by atoms with Crippen LogP contribution in [0.5, 0.6) is 0 Å². The molecule has 3 N–H and O–H groups in total. The third kappa shape index (κ3) is 2.61. The fraction of sp³-hybridized carbons (Fsp3) is 0.538. The van der Waals surface area contributed by atoms with Crippen LogP contribution in [0.2, 0.25) is 0 Å². The van der Waals surface area contributed by atoms with Crippen LogP contribution in [0.1, 0.15) is 36.5 Å². The van der Waals surface area contributed by atoms with Crippen molar-refractivity contribution in [2.75, 3.05) is 6.54 Å². The maximum absolute atomic E-state index is 12.3. The molecule has 0 saturated carbocycles. The van der Waals surface area contributed by atoms with Crippen molar-refractivity contribution < 1.29 is 4.79 Å². The molecule has 18 heavy (non-hydrogen) atoms. The first-order valence-corrected chi connectivity index (χ1v) is 6.33. The minimum atomic E-state index is -0.231. The van der Waals surface area contributed by atoms with Crippen LogP contribution in [-0.4, -0.2) is 34.4 Å². The first-order chi connectivity index (χ1) is 8.59. The highest BCUT2D eigenvalue weighted by Gasteiger charge is 2.30. The predicted octanol–water partition coefficient (Wildman–Crippen LogP) is 0.717. The first kappa shape index (κ1) is 12.8. The highest BCUT2D eigenvalue weighted by molar-refractivity contribution is 5.94. The number of nitrogens with two attached hydrogens (primary N) is 1. The van der Waals surface area contributed by atoms with Crippen molar-refractivity contribution in [2.45, 2.75) is 38.3 Å². The van der Waals surface area contributed by atoms with E-state index >= 15 is 0 Å².